The lowest BCUT2D eigenvalue weighted by Gasteiger charge is -2.41. The molecule has 2 amide bonds. The number of piperazine rings is 1. The Morgan fingerprint density at radius 1 is 1.35 bits per heavy atom. The summed E-state index contributed by atoms with van der Waals surface area (Å²) in [5.74, 6) is -0.00730. The van der Waals surface area contributed by atoms with Gasteiger partial charge in [-0.15, -0.1) is 0 Å². The van der Waals surface area contributed by atoms with Gasteiger partial charge in [-0.1, -0.05) is 11.6 Å². The topological polar surface area (TPSA) is 78.7 Å². The summed E-state index contributed by atoms with van der Waals surface area (Å²) in [4.78, 5) is 28.5. The predicted molar refractivity (Wildman–Crippen MR) is 89.4 cm³/mol. The molecule has 0 bridgehead atoms. The second-order valence-electron chi connectivity index (χ2n) is 6.05. The molecule has 3 N–H and O–H groups in total. The number of nitrogen functional groups attached to an aromatic ring is 1. The van der Waals surface area contributed by atoms with E-state index in [1.54, 1.807) is 23.1 Å². The van der Waals surface area contributed by atoms with Crippen molar-refractivity contribution in [2.75, 3.05) is 38.5 Å². The molecule has 0 aromatic heterocycles. The monoisotopic (exact) mass is 336 g/mol. The molecule has 2 heterocycles. The van der Waals surface area contributed by atoms with Crippen molar-refractivity contribution < 1.29 is 9.59 Å². The Labute approximate surface area is 140 Å². The third kappa shape index (κ3) is 3.43. The van der Waals surface area contributed by atoms with Gasteiger partial charge in [-0.3, -0.25) is 9.59 Å². The third-order valence-electron chi connectivity index (χ3n) is 4.47. The lowest BCUT2D eigenvalue weighted by molar-refractivity contribution is -0.135. The van der Waals surface area contributed by atoms with Crippen LogP contribution in [0.25, 0.3) is 0 Å². The van der Waals surface area contributed by atoms with Gasteiger partial charge in [0.25, 0.3) is 5.91 Å². The number of nitrogens with two attached hydrogens (primary N) is 1. The van der Waals surface area contributed by atoms with E-state index in [0.29, 0.717) is 42.5 Å². The summed E-state index contributed by atoms with van der Waals surface area (Å²) in [7, 11) is 0. The first kappa shape index (κ1) is 16.1. The van der Waals surface area contributed by atoms with Gasteiger partial charge in [-0.2, -0.15) is 0 Å². The van der Waals surface area contributed by atoms with Gasteiger partial charge in [0.1, 0.15) is 0 Å². The van der Waals surface area contributed by atoms with E-state index in [2.05, 4.69) is 5.32 Å². The van der Waals surface area contributed by atoms with Crippen LogP contribution >= 0.6 is 11.6 Å². The summed E-state index contributed by atoms with van der Waals surface area (Å²) in [6.07, 6.45) is 1.81. The normalized spacial score (nSPS) is 22.3. The zero-order valence-electron chi connectivity index (χ0n) is 12.9. The van der Waals surface area contributed by atoms with Crippen molar-refractivity contribution in [3.8, 4) is 0 Å². The van der Waals surface area contributed by atoms with E-state index < -0.39 is 0 Å². The molecular weight excluding hydrogens is 316 g/mol. The quantitative estimate of drug-likeness (QED) is 0.788. The van der Waals surface area contributed by atoms with Crippen LogP contribution < -0.4 is 11.1 Å². The molecule has 7 heteroatoms. The second kappa shape index (κ2) is 6.76. The van der Waals surface area contributed by atoms with Gasteiger partial charge >= 0.3 is 0 Å². The number of hydrogen-bond donors (Lipinski definition) is 2. The van der Waals surface area contributed by atoms with E-state index in [1.807, 2.05) is 4.90 Å². The number of anilines is 1. The van der Waals surface area contributed by atoms with Crippen LogP contribution in [0.1, 0.15) is 23.2 Å². The predicted octanol–water partition coefficient (Wildman–Crippen LogP) is 0.959. The van der Waals surface area contributed by atoms with Gasteiger partial charge in [0.05, 0.1) is 17.1 Å². The van der Waals surface area contributed by atoms with Gasteiger partial charge in [0.15, 0.2) is 0 Å². The number of halogens is 1. The summed E-state index contributed by atoms with van der Waals surface area (Å²) in [5, 5.41) is 3.48. The lowest BCUT2D eigenvalue weighted by atomic mass is 10.0. The molecule has 3 rings (SSSR count). The summed E-state index contributed by atoms with van der Waals surface area (Å²) in [5.41, 5.74) is 6.71. The van der Waals surface area contributed by atoms with Gasteiger partial charge < -0.3 is 20.9 Å². The number of nitrogens with zero attached hydrogens (tertiary/aromatic N) is 2. The van der Waals surface area contributed by atoms with Gasteiger partial charge in [-0.25, -0.2) is 0 Å². The van der Waals surface area contributed by atoms with Crippen LogP contribution in [-0.2, 0) is 4.79 Å². The van der Waals surface area contributed by atoms with Gasteiger partial charge in [0, 0.05) is 37.9 Å². The van der Waals surface area contributed by atoms with E-state index >= 15 is 0 Å². The average Bonchev–Trinajstić information content (AvgIpc) is 2.57. The number of likely N-dealkylation sites (tertiary alicyclic amines) is 1. The fraction of sp³-hybridized carbons (Fsp3) is 0.500. The number of nitrogens with one attached hydrogen (secondary N) is 1. The molecule has 2 aliphatic heterocycles. The minimum atomic E-state index is -0.116. The number of rotatable bonds is 2. The van der Waals surface area contributed by atoms with E-state index in [1.165, 1.54) is 0 Å². The number of piperidine rings is 1. The molecule has 2 saturated heterocycles. The third-order valence-corrected chi connectivity index (χ3v) is 4.80. The van der Waals surface area contributed by atoms with Crippen molar-refractivity contribution in [2.24, 2.45) is 0 Å². The highest BCUT2D eigenvalue weighted by atomic mass is 35.5. The Morgan fingerprint density at radius 2 is 2.17 bits per heavy atom. The van der Waals surface area contributed by atoms with Crippen molar-refractivity contribution in [1.29, 1.82) is 0 Å². The van der Waals surface area contributed by atoms with Crippen molar-refractivity contribution >= 4 is 29.1 Å². The standard InChI is InChI=1S/C16H21ClN4O2/c17-14-4-3-11(18)8-13(14)16(23)20-6-1-2-12(10-20)21-7-5-19-9-15(21)22/h3-4,8,12,19H,1-2,5-7,9-10,18H2. The number of amides is 2. The molecule has 0 saturated carbocycles. The molecule has 2 fully saturated rings. The second-order valence-corrected chi connectivity index (χ2v) is 6.46. The number of carbonyl (C=O) groups excluding carboxylic acids is 2. The molecular formula is C16H21ClN4O2. The highest BCUT2D eigenvalue weighted by Gasteiger charge is 2.32. The Morgan fingerprint density at radius 3 is 2.96 bits per heavy atom. The van der Waals surface area contributed by atoms with Crippen molar-refractivity contribution in [2.45, 2.75) is 18.9 Å². The molecule has 1 aromatic rings. The van der Waals surface area contributed by atoms with Crippen LogP contribution in [0.3, 0.4) is 0 Å². The Hall–Kier alpha value is -1.79. The summed E-state index contributed by atoms with van der Waals surface area (Å²) in [6, 6.07) is 5.02. The van der Waals surface area contributed by atoms with Crippen LogP contribution in [0, 0.1) is 0 Å². The van der Waals surface area contributed by atoms with Crippen molar-refractivity contribution in [1.82, 2.24) is 15.1 Å². The maximum Gasteiger partial charge on any atom is 0.255 e. The summed E-state index contributed by atoms with van der Waals surface area (Å²) >= 11 is 6.14. The number of hydrogen-bond acceptors (Lipinski definition) is 4. The minimum Gasteiger partial charge on any atom is -0.399 e. The van der Waals surface area contributed by atoms with Crippen molar-refractivity contribution in [3.05, 3.63) is 28.8 Å². The molecule has 23 heavy (non-hydrogen) atoms. The van der Waals surface area contributed by atoms with Crippen LogP contribution in [0.15, 0.2) is 18.2 Å². The van der Waals surface area contributed by atoms with Gasteiger partial charge in [0.2, 0.25) is 5.91 Å². The van der Waals surface area contributed by atoms with E-state index in [0.717, 1.165) is 19.4 Å². The van der Waals surface area contributed by atoms with E-state index in [9.17, 15) is 9.59 Å². The zero-order chi connectivity index (χ0) is 16.4. The molecule has 0 spiro atoms. The van der Waals surface area contributed by atoms with Crippen LogP contribution in [-0.4, -0.2) is 60.4 Å². The van der Waals surface area contributed by atoms with Crippen molar-refractivity contribution in [3.63, 3.8) is 0 Å². The lowest BCUT2D eigenvalue weighted by Crippen LogP contribution is -2.57. The minimum absolute atomic E-state index is 0.0853. The fourth-order valence-corrected chi connectivity index (χ4v) is 3.48. The first-order chi connectivity index (χ1) is 11.1. The van der Waals surface area contributed by atoms with Crippen LogP contribution in [0.4, 0.5) is 5.69 Å². The highest BCUT2D eigenvalue weighted by molar-refractivity contribution is 6.34. The first-order valence-electron chi connectivity index (χ1n) is 7.91. The Kier molecular flexibility index (Phi) is 4.73. The molecule has 1 atom stereocenters. The highest BCUT2D eigenvalue weighted by Crippen LogP contribution is 2.24. The van der Waals surface area contributed by atoms with Gasteiger partial charge in [-0.05, 0) is 31.0 Å². The van der Waals surface area contributed by atoms with Crippen LogP contribution in [0.5, 0.6) is 0 Å². The maximum atomic E-state index is 12.8. The summed E-state index contributed by atoms with van der Waals surface area (Å²) < 4.78 is 0. The number of carbonyl (C=O) groups is 2. The smallest absolute Gasteiger partial charge is 0.255 e. The Bertz CT molecular complexity index is 622. The molecule has 1 aromatic carbocycles. The van der Waals surface area contributed by atoms with Crippen LogP contribution in [0.2, 0.25) is 5.02 Å². The molecule has 0 aliphatic carbocycles. The average molecular weight is 337 g/mol. The molecule has 2 aliphatic rings. The first-order valence-corrected chi connectivity index (χ1v) is 8.28. The van der Waals surface area contributed by atoms with E-state index in [-0.39, 0.29) is 17.9 Å². The van der Waals surface area contributed by atoms with E-state index in [4.69, 9.17) is 17.3 Å². The molecule has 6 nitrogen and oxygen atoms in total. The largest absolute Gasteiger partial charge is 0.399 e. The zero-order valence-corrected chi connectivity index (χ0v) is 13.7. The molecule has 124 valence electrons. The molecule has 0 radical (unpaired) electrons. The molecule has 1 unspecified atom stereocenters. The SMILES string of the molecule is Nc1ccc(Cl)c(C(=O)N2CCCC(N3CCNCC3=O)C2)c1. The fourth-order valence-electron chi connectivity index (χ4n) is 3.28. The Balaban J connectivity index is 1.74. The number of benzene rings is 1. The summed E-state index contributed by atoms with van der Waals surface area (Å²) in [6.45, 7) is 3.11. The maximum absolute atomic E-state index is 12.8.